The van der Waals surface area contributed by atoms with Crippen molar-refractivity contribution in [1.82, 2.24) is 0 Å². The van der Waals surface area contributed by atoms with Gasteiger partial charge >= 0.3 is 0 Å². The molecule has 2 rings (SSSR count). The zero-order valence-corrected chi connectivity index (χ0v) is 14.6. The second-order valence-corrected chi connectivity index (χ2v) is 6.48. The van der Waals surface area contributed by atoms with E-state index in [1.807, 2.05) is 24.3 Å². The second-order valence-electron chi connectivity index (χ2n) is 4.78. The lowest BCUT2D eigenvalue weighted by Crippen LogP contribution is -2.11. The first kappa shape index (κ1) is 16.6. The zero-order valence-electron chi connectivity index (χ0n) is 11.5. The van der Waals surface area contributed by atoms with Gasteiger partial charge in [-0.1, -0.05) is 48.7 Å². The molecule has 1 nitrogen and oxygen atoms in total. The first-order valence-corrected chi connectivity index (χ1v) is 8.22. The van der Waals surface area contributed by atoms with E-state index in [0.29, 0.717) is 20.2 Å². The summed E-state index contributed by atoms with van der Waals surface area (Å²) in [7, 11) is 0. The van der Waals surface area contributed by atoms with E-state index in [1.165, 1.54) is 12.1 Å². The predicted molar refractivity (Wildman–Crippen MR) is 91.8 cm³/mol. The van der Waals surface area contributed by atoms with Gasteiger partial charge in [-0.05, 0) is 52.2 Å². The summed E-state index contributed by atoms with van der Waals surface area (Å²) in [4.78, 5) is 0. The first-order valence-electron chi connectivity index (χ1n) is 6.67. The van der Waals surface area contributed by atoms with Gasteiger partial charge in [-0.15, -0.1) is 0 Å². The molecule has 0 aliphatic heterocycles. The highest BCUT2D eigenvalue weighted by Crippen LogP contribution is 2.35. The Bertz CT molecular complexity index is 593. The minimum Gasteiger partial charge on any atom is -0.376 e. The fourth-order valence-electron chi connectivity index (χ4n) is 2.16. The maximum atomic E-state index is 13.3. The van der Waals surface area contributed by atoms with Crippen LogP contribution in [0.15, 0.2) is 40.9 Å². The minimum absolute atomic E-state index is 0.0894. The van der Waals surface area contributed by atoms with Crippen molar-refractivity contribution >= 4 is 44.8 Å². The summed E-state index contributed by atoms with van der Waals surface area (Å²) in [5, 5.41) is 4.45. The Hall–Kier alpha value is -0.770. The third kappa shape index (κ3) is 4.35. The molecule has 0 amide bonds. The maximum Gasteiger partial charge on any atom is 0.125 e. The third-order valence-corrected chi connectivity index (χ3v) is 4.35. The normalized spacial score (nSPS) is 12.2. The molecular formula is C16H15BrCl2FN. The molecular weight excluding hydrogens is 376 g/mol. The highest BCUT2D eigenvalue weighted by Gasteiger charge is 2.15. The number of hydrogen-bond donors (Lipinski definition) is 1. The van der Waals surface area contributed by atoms with Gasteiger partial charge < -0.3 is 5.32 Å². The van der Waals surface area contributed by atoms with Crippen LogP contribution in [-0.2, 0) is 0 Å². The SMILES string of the molecule is CCCC(Nc1c(Cl)cc(F)cc1Br)c1ccc(Cl)cc1. The summed E-state index contributed by atoms with van der Waals surface area (Å²) in [6.07, 6.45) is 1.94. The van der Waals surface area contributed by atoms with Crippen LogP contribution in [0.1, 0.15) is 31.4 Å². The first-order chi connectivity index (χ1) is 10.0. The van der Waals surface area contributed by atoms with Crippen LogP contribution in [0.5, 0.6) is 0 Å². The Morgan fingerprint density at radius 2 is 1.86 bits per heavy atom. The van der Waals surface area contributed by atoms with Crippen LogP contribution in [0.4, 0.5) is 10.1 Å². The molecule has 0 bridgehead atoms. The van der Waals surface area contributed by atoms with Crippen molar-refractivity contribution in [2.24, 2.45) is 0 Å². The van der Waals surface area contributed by atoms with Crippen LogP contribution in [0, 0.1) is 5.82 Å². The smallest absolute Gasteiger partial charge is 0.125 e. The molecule has 5 heteroatoms. The van der Waals surface area contributed by atoms with Gasteiger partial charge in [0.05, 0.1) is 16.8 Å². The Morgan fingerprint density at radius 3 is 2.43 bits per heavy atom. The van der Waals surface area contributed by atoms with Crippen LogP contribution < -0.4 is 5.32 Å². The summed E-state index contributed by atoms with van der Waals surface area (Å²) in [5.41, 5.74) is 1.82. The number of nitrogens with one attached hydrogen (secondary N) is 1. The van der Waals surface area contributed by atoms with Crippen molar-refractivity contribution in [3.05, 3.63) is 62.3 Å². The van der Waals surface area contributed by atoms with E-state index in [0.717, 1.165) is 18.4 Å². The fraction of sp³-hybridized carbons (Fsp3) is 0.250. The largest absolute Gasteiger partial charge is 0.376 e. The molecule has 1 atom stereocenters. The predicted octanol–water partition coefficient (Wildman–Crippen LogP) is 6.85. The number of anilines is 1. The van der Waals surface area contributed by atoms with E-state index in [2.05, 4.69) is 28.2 Å². The molecule has 0 aliphatic rings. The van der Waals surface area contributed by atoms with Crippen molar-refractivity contribution in [3.63, 3.8) is 0 Å². The summed E-state index contributed by atoms with van der Waals surface area (Å²) < 4.78 is 13.9. The highest BCUT2D eigenvalue weighted by molar-refractivity contribution is 9.10. The average Bonchev–Trinajstić information content (AvgIpc) is 2.42. The van der Waals surface area contributed by atoms with E-state index in [4.69, 9.17) is 23.2 Å². The summed E-state index contributed by atoms with van der Waals surface area (Å²) >= 11 is 15.4. The minimum atomic E-state index is -0.365. The molecule has 1 N–H and O–H groups in total. The lowest BCUT2D eigenvalue weighted by molar-refractivity contribution is 0.626. The lowest BCUT2D eigenvalue weighted by Gasteiger charge is -2.22. The molecule has 0 saturated carbocycles. The Labute approximate surface area is 142 Å². The fourth-order valence-corrected chi connectivity index (χ4v) is 3.21. The standard InChI is InChI=1S/C16H15BrCl2FN/c1-2-3-15(10-4-6-11(18)7-5-10)21-16-13(17)8-12(20)9-14(16)19/h4-9,15,21H,2-3H2,1H3. The topological polar surface area (TPSA) is 12.0 Å². The van der Waals surface area contributed by atoms with Crippen molar-refractivity contribution in [2.75, 3.05) is 5.32 Å². The van der Waals surface area contributed by atoms with Crippen LogP contribution in [-0.4, -0.2) is 0 Å². The van der Waals surface area contributed by atoms with Crippen molar-refractivity contribution < 1.29 is 4.39 Å². The molecule has 2 aromatic rings. The Morgan fingerprint density at radius 1 is 1.19 bits per heavy atom. The molecule has 0 aromatic heterocycles. The van der Waals surface area contributed by atoms with E-state index in [9.17, 15) is 4.39 Å². The van der Waals surface area contributed by atoms with Gasteiger partial charge in [0.1, 0.15) is 5.82 Å². The molecule has 0 heterocycles. The third-order valence-electron chi connectivity index (χ3n) is 3.18. The molecule has 0 spiro atoms. The van der Waals surface area contributed by atoms with Gasteiger partial charge in [0.15, 0.2) is 0 Å². The number of benzene rings is 2. The van der Waals surface area contributed by atoms with Gasteiger partial charge in [-0.3, -0.25) is 0 Å². The van der Waals surface area contributed by atoms with Gasteiger partial charge in [0, 0.05) is 9.50 Å². The molecule has 0 radical (unpaired) electrons. The van der Waals surface area contributed by atoms with E-state index >= 15 is 0 Å². The summed E-state index contributed by atoms with van der Waals surface area (Å²) in [6.45, 7) is 2.12. The number of rotatable bonds is 5. The molecule has 2 aromatic carbocycles. The molecule has 0 saturated heterocycles. The van der Waals surface area contributed by atoms with Crippen molar-refractivity contribution in [1.29, 1.82) is 0 Å². The number of halogens is 4. The lowest BCUT2D eigenvalue weighted by atomic mass is 10.0. The summed E-state index contributed by atoms with van der Waals surface area (Å²) in [6, 6.07) is 10.5. The summed E-state index contributed by atoms with van der Waals surface area (Å²) in [5.74, 6) is -0.365. The van der Waals surface area contributed by atoms with Gasteiger partial charge in [0.2, 0.25) is 0 Å². The number of hydrogen-bond acceptors (Lipinski definition) is 1. The molecule has 1 unspecified atom stereocenters. The maximum absolute atomic E-state index is 13.3. The van der Waals surface area contributed by atoms with Gasteiger partial charge in [-0.2, -0.15) is 0 Å². The molecule has 0 aliphatic carbocycles. The van der Waals surface area contributed by atoms with Crippen LogP contribution in [0.2, 0.25) is 10.0 Å². The molecule has 112 valence electrons. The van der Waals surface area contributed by atoms with Crippen LogP contribution in [0.3, 0.4) is 0 Å². The van der Waals surface area contributed by atoms with E-state index < -0.39 is 0 Å². The molecule has 21 heavy (non-hydrogen) atoms. The van der Waals surface area contributed by atoms with Crippen molar-refractivity contribution in [3.8, 4) is 0 Å². The van der Waals surface area contributed by atoms with Crippen molar-refractivity contribution in [2.45, 2.75) is 25.8 Å². The Kier molecular flexibility index (Phi) is 5.91. The van der Waals surface area contributed by atoms with Crippen LogP contribution in [0.25, 0.3) is 0 Å². The monoisotopic (exact) mass is 389 g/mol. The van der Waals surface area contributed by atoms with Gasteiger partial charge in [0.25, 0.3) is 0 Å². The average molecular weight is 391 g/mol. The zero-order chi connectivity index (χ0) is 15.4. The Balaban J connectivity index is 2.30. The molecule has 0 fully saturated rings. The quantitative estimate of drug-likeness (QED) is 0.588. The van der Waals surface area contributed by atoms with Crippen LogP contribution >= 0.6 is 39.1 Å². The van der Waals surface area contributed by atoms with Gasteiger partial charge in [-0.25, -0.2) is 4.39 Å². The highest BCUT2D eigenvalue weighted by atomic mass is 79.9. The van der Waals surface area contributed by atoms with E-state index in [1.54, 1.807) is 0 Å². The second kappa shape index (κ2) is 7.48. The van der Waals surface area contributed by atoms with E-state index in [-0.39, 0.29) is 11.9 Å².